The van der Waals surface area contributed by atoms with E-state index in [1.165, 1.54) is 180 Å². The fourth-order valence-electron chi connectivity index (χ4n) is 9.73. The standard InChI is InChI=1S/C61H115NO10/c1-3-5-7-9-11-13-15-17-19-20-21-22-23-24-25-26-27-28-29-30-31-32-33-34-35-37-38-40-42-44-46-48-53(64)56(66)52(51-71-61-59(69)58(68)57(67)55(50-63)72-61)62-60(70)54(65)49-47-45-43-41-39-36-18-16-14-12-10-8-6-4-2/h12,14,16,18,40,42,52-59,61,63-69H,3-11,13,15,17,19-39,41,43-51H2,1-2H3,(H,62,70)/b14-12-,18-16-,42-40+. The number of hydrogen-bond acceptors (Lipinski definition) is 10. The number of ether oxygens (including phenoxy) is 2. The Bertz CT molecular complexity index is 1260. The molecule has 9 unspecified atom stereocenters. The van der Waals surface area contributed by atoms with E-state index < -0.39 is 74.2 Å². The van der Waals surface area contributed by atoms with Gasteiger partial charge in [0, 0.05) is 0 Å². The summed E-state index contributed by atoms with van der Waals surface area (Å²) >= 11 is 0. The number of aliphatic hydroxyl groups excluding tert-OH is 7. The first-order valence-electron chi connectivity index (χ1n) is 30.4. The zero-order valence-corrected chi connectivity index (χ0v) is 46.4. The first-order valence-corrected chi connectivity index (χ1v) is 30.4. The number of carbonyl (C=O) groups excluding carboxylic acids is 1. The van der Waals surface area contributed by atoms with Gasteiger partial charge in [0.2, 0.25) is 5.91 Å². The van der Waals surface area contributed by atoms with Crippen LogP contribution in [0.15, 0.2) is 36.5 Å². The Morgan fingerprint density at radius 1 is 0.486 bits per heavy atom. The van der Waals surface area contributed by atoms with Crippen LogP contribution in [0.2, 0.25) is 0 Å². The number of unbranched alkanes of at least 4 members (excludes halogenated alkanes) is 35. The minimum absolute atomic E-state index is 0.236. The fourth-order valence-corrected chi connectivity index (χ4v) is 9.73. The minimum Gasteiger partial charge on any atom is -0.394 e. The van der Waals surface area contributed by atoms with Crippen molar-refractivity contribution in [3.63, 3.8) is 0 Å². The van der Waals surface area contributed by atoms with Gasteiger partial charge in [0.25, 0.3) is 0 Å². The lowest BCUT2D eigenvalue weighted by molar-refractivity contribution is -0.303. The highest BCUT2D eigenvalue weighted by Gasteiger charge is 2.44. The van der Waals surface area contributed by atoms with Crippen molar-refractivity contribution >= 4 is 5.91 Å². The lowest BCUT2D eigenvalue weighted by Gasteiger charge is -2.40. The third-order valence-electron chi connectivity index (χ3n) is 14.7. The predicted molar refractivity (Wildman–Crippen MR) is 298 cm³/mol. The van der Waals surface area contributed by atoms with E-state index in [1.54, 1.807) is 0 Å². The molecule has 8 N–H and O–H groups in total. The van der Waals surface area contributed by atoms with E-state index in [9.17, 15) is 40.5 Å². The Hall–Kier alpha value is -1.67. The van der Waals surface area contributed by atoms with Crippen LogP contribution in [0.5, 0.6) is 0 Å². The first kappa shape index (κ1) is 68.3. The summed E-state index contributed by atoms with van der Waals surface area (Å²) in [6.45, 7) is 3.42. The van der Waals surface area contributed by atoms with E-state index in [2.05, 4.69) is 55.6 Å². The number of hydrogen-bond donors (Lipinski definition) is 8. The van der Waals surface area contributed by atoms with Crippen LogP contribution in [0, 0.1) is 0 Å². The molecule has 1 heterocycles. The number of allylic oxidation sites excluding steroid dienone is 6. The number of nitrogens with one attached hydrogen (secondary N) is 1. The quantitative estimate of drug-likeness (QED) is 0.0165. The van der Waals surface area contributed by atoms with E-state index in [1.807, 2.05) is 0 Å². The van der Waals surface area contributed by atoms with Gasteiger partial charge >= 0.3 is 0 Å². The van der Waals surface area contributed by atoms with Crippen molar-refractivity contribution in [2.24, 2.45) is 0 Å². The van der Waals surface area contributed by atoms with Crippen molar-refractivity contribution in [3.05, 3.63) is 36.5 Å². The van der Waals surface area contributed by atoms with Gasteiger partial charge in [0.15, 0.2) is 6.29 Å². The van der Waals surface area contributed by atoms with Crippen molar-refractivity contribution in [3.8, 4) is 0 Å². The molecule has 0 aromatic rings. The van der Waals surface area contributed by atoms with Gasteiger partial charge in [-0.3, -0.25) is 4.79 Å². The van der Waals surface area contributed by atoms with Gasteiger partial charge in [-0.15, -0.1) is 0 Å². The second kappa shape index (κ2) is 50.2. The monoisotopic (exact) mass is 1020 g/mol. The largest absolute Gasteiger partial charge is 0.394 e. The van der Waals surface area contributed by atoms with Crippen LogP contribution in [0.25, 0.3) is 0 Å². The smallest absolute Gasteiger partial charge is 0.249 e. The Morgan fingerprint density at radius 3 is 1.31 bits per heavy atom. The van der Waals surface area contributed by atoms with Crippen LogP contribution in [0.4, 0.5) is 0 Å². The number of rotatable bonds is 52. The van der Waals surface area contributed by atoms with Crippen LogP contribution in [-0.2, 0) is 14.3 Å². The van der Waals surface area contributed by atoms with Crippen LogP contribution in [0.3, 0.4) is 0 Å². The highest BCUT2D eigenvalue weighted by molar-refractivity contribution is 5.80. The van der Waals surface area contributed by atoms with E-state index in [0.717, 1.165) is 57.8 Å². The summed E-state index contributed by atoms with van der Waals surface area (Å²) in [5.74, 6) is -0.717. The molecule has 0 bridgehead atoms. The van der Waals surface area contributed by atoms with E-state index in [-0.39, 0.29) is 12.8 Å². The van der Waals surface area contributed by atoms with Gasteiger partial charge in [-0.25, -0.2) is 0 Å². The molecule has 0 spiro atoms. The molecule has 0 radical (unpaired) electrons. The summed E-state index contributed by atoms with van der Waals surface area (Å²) in [5.41, 5.74) is 0. The third kappa shape index (κ3) is 38.0. The van der Waals surface area contributed by atoms with Crippen LogP contribution in [0.1, 0.15) is 277 Å². The van der Waals surface area contributed by atoms with Gasteiger partial charge in [-0.1, -0.05) is 249 Å². The fraction of sp³-hybridized carbons (Fsp3) is 0.885. The van der Waals surface area contributed by atoms with E-state index >= 15 is 0 Å². The zero-order chi connectivity index (χ0) is 52.5. The second-order valence-electron chi connectivity index (χ2n) is 21.4. The lowest BCUT2D eigenvalue weighted by Crippen LogP contribution is -2.60. The van der Waals surface area contributed by atoms with Crippen LogP contribution in [-0.4, -0.2) is 110 Å². The summed E-state index contributed by atoms with van der Waals surface area (Å²) < 4.78 is 11.1. The molecule has 1 fully saturated rings. The number of aliphatic hydroxyl groups is 7. The molecule has 0 aliphatic carbocycles. The Labute approximate surface area is 441 Å². The lowest BCUT2D eigenvalue weighted by atomic mass is 9.98. The molecule has 11 heteroatoms. The van der Waals surface area contributed by atoms with Crippen LogP contribution >= 0.6 is 0 Å². The maximum absolute atomic E-state index is 13.1. The van der Waals surface area contributed by atoms with E-state index in [4.69, 9.17) is 9.47 Å². The highest BCUT2D eigenvalue weighted by atomic mass is 16.7. The van der Waals surface area contributed by atoms with Crippen molar-refractivity contribution < 1.29 is 50.0 Å². The van der Waals surface area contributed by atoms with Crippen LogP contribution < -0.4 is 5.32 Å². The summed E-state index contributed by atoms with van der Waals surface area (Å²) in [4.78, 5) is 13.1. The zero-order valence-electron chi connectivity index (χ0n) is 46.4. The normalized spacial score (nSPS) is 20.3. The molecule has 0 saturated carbocycles. The Balaban J connectivity index is 2.24. The molecule has 0 aromatic heterocycles. The molecule has 424 valence electrons. The minimum atomic E-state index is -1.67. The average molecular weight is 1020 g/mol. The molecule has 1 aliphatic heterocycles. The van der Waals surface area contributed by atoms with Crippen molar-refractivity contribution in [2.45, 2.75) is 332 Å². The van der Waals surface area contributed by atoms with Gasteiger partial charge in [-0.2, -0.15) is 0 Å². The SMILES string of the molecule is CCCCC/C=C\C=C/CCCCCCCC(O)C(=O)NC(COC1OC(CO)C(O)C(O)C1O)C(O)C(O)CCC/C=C/CCCCCCCCCCCCCCCCCCCCCCCCCCCC. The summed E-state index contributed by atoms with van der Waals surface area (Å²) in [6, 6.07) is -1.19. The molecule has 11 nitrogen and oxygen atoms in total. The third-order valence-corrected chi connectivity index (χ3v) is 14.7. The van der Waals surface area contributed by atoms with Gasteiger partial charge in [-0.05, 0) is 64.2 Å². The summed E-state index contributed by atoms with van der Waals surface area (Å²) in [7, 11) is 0. The summed E-state index contributed by atoms with van der Waals surface area (Å²) in [6.07, 6.45) is 50.9. The molecular weight excluding hydrogens is 907 g/mol. The van der Waals surface area contributed by atoms with Gasteiger partial charge in [0.05, 0.1) is 25.4 Å². The topological polar surface area (TPSA) is 189 Å². The molecule has 1 amide bonds. The van der Waals surface area contributed by atoms with Crippen molar-refractivity contribution in [2.75, 3.05) is 13.2 Å². The number of amides is 1. The molecule has 9 atom stereocenters. The molecule has 1 rings (SSSR count). The van der Waals surface area contributed by atoms with E-state index in [0.29, 0.717) is 12.8 Å². The van der Waals surface area contributed by atoms with Gasteiger partial charge < -0.3 is 50.5 Å². The average Bonchev–Trinajstić information content (AvgIpc) is 3.38. The molecule has 72 heavy (non-hydrogen) atoms. The van der Waals surface area contributed by atoms with Crippen molar-refractivity contribution in [1.29, 1.82) is 0 Å². The predicted octanol–water partition coefficient (Wildman–Crippen LogP) is 13.1. The maximum atomic E-state index is 13.1. The summed E-state index contributed by atoms with van der Waals surface area (Å²) in [5, 5.41) is 76.0. The molecule has 1 aliphatic rings. The highest BCUT2D eigenvalue weighted by Crippen LogP contribution is 2.23. The maximum Gasteiger partial charge on any atom is 0.249 e. The second-order valence-corrected chi connectivity index (χ2v) is 21.4. The Kier molecular flexibility index (Phi) is 47.6. The molecule has 0 aromatic carbocycles. The first-order chi connectivity index (χ1) is 35.2. The molecular formula is C61H115NO10. The number of carbonyl (C=O) groups is 1. The van der Waals surface area contributed by atoms with Crippen molar-refractivity contribution in [1.82, 2.24) is 5.32 Å². The van der Waals surface area contributed by atoms with Gasteiger partial charge in [0.1, 0.15) is 36.6 Å². The Morgan fingerprint density at radius 2 is 0.861 bits per heavy atom. The molecule has 1 saturated heterocycles.